The first kappa shape index (κ1) is 22.3. The van der Waals surface area contributed by atoms with Crippen LogP contribution in [0.15, 0.2) is 57.1 Å². The normalized spacial score (nSPS) is 20.4. The highest BCUT2D eigenvalue weighted by Crippen LogP contribution is 2.20. The molecule has 0 saturated carbocycles. The molecule has 1 amide bonds. The predicted molar refractivity (Wildman–Crippen MR) is 127 cm³/mol. The molecule has 2 aliphatic rings. The molecule has 1 unspecified atom stereocenters. The maximum Gasteiger partial charge on any atom is 0.343 e. The van der Waals surface area contributed by atoms with Crippen molar-refractivity contribution < 1.29 is 13.7 Å². The molecule has 2 aromatic heterocycles. The van der Waals surface area contributed by atoms with Gasteiger partial charge in [0.2, 0.25) is 0 Å². The predicted octanol–water partition coefficient (Wildman–Crippen LogP) is 1.39. The Hall–Kier alpha value is -3.50. The highest BCUT2D eigenvalue weighted by Gasteiger charge is 2.37. The summed E-state index contributed by atoms with van der Waals surface area (Å²) >= 11 is 0. The summed E-state index contributed by atoms with van der Waals surface area (Å²) in [6.07, 6.45) is 8.80. The third kappa shape index (κ3) is 4.73. The number of dihydropyridines is 1. The first-order valence-electron chi connectivity index (χ1n) is 11.6. The molecule has 1 atom stereocenters. The molecule has 0 bridgehead atoms. The lowest BCUT2D eigenvalue weighted by Crippen LogP contribution is -2.60. The first-order chi connectivity index (χ1) is 16.5. The van der Waals surface area contributed by atoms with E-state index < -0.39 is 0 Å². The number of likely N-dealkylation sites (N-methyl/N-ethyl adjacent to an activating group) is 1. The topological polar surface area (TPSA) is 106 Å². The number of tetrazole rings is 1. The van der Waals surface area contributed by atoms with Crippen molar-refractivity contribution in [3.8, 4) is 0 Å². The Bertz CT molecular complexity index is 1290. The second-order valence-electron chi connectivity index (χ2n) is 9.21. The van der Waals surface area contributed by atoms with Gasteiger partial charge >= 0.3 is 11.5 Å². The summed E-state index contributed by atoms with van der Waals surface area (Å²) in [4.78, 5) is 31.9. The number of carbonyl (C=O) groups excluding carboxylic acids is 1. The van der Waals surface area contributed by atoms with Crippen LogP contribution in [0.3, 0.4) is 0 Å². The second-order valence-corrected chi connectivity index (χ2v) is 9.21. The molecule has 3 aromatic rings. The number of rotatable bonds is 6. The van der Waals surface area contributed by atoms with Crippen LogP contribution >= 0.6 is 0 Å². The standard InChI is InChI=1S/C24H28N7O3/c1-31(23(32)15-20-3-4-21(16-25-20)30-17-26-27-28-30)11-9-29(10-12-31)8-6-18-2-5-22-19(14-18)7-13-34-24(22)33/h2,4-5,7,13-14,16-17,20H,3,6,8-12,15H2,1H3/q+1. The van der Waals surface area contributed by atoms with Crippen LogP contribution in [0.5, 0.6) is 0 Å². The summed E-state index contributed by atoms with van der Waals surface area (Å²) < 4.78 is 6.96. The van der Waals surface area contributed by atoms with Gasteiger partial charge < -0.3 is 4.42 Å². The SMILES string of the molecule is C[N+]1(C(=O)CC2CC=C(n3cnnn3)C=N2)CCN(CCc2ccc3c(=O)occc3c2)CC1. The zero-order chi connectivity index (χ0) is 23.5. The second kappa shape index (κ2) is 9.40. The average molecular weight is 463 g/mol. The van der Waals surface area contributed by atoms with Crippen molar-refractivity contribution in [3.63, 3.8) is 0 Å². The molecule has 1 fully saturated rings. The van der Waals surface area contributed by atoms with Crippen molar-refractivity contribution in [2.24, 2.45) is 4.99 Å². The van der Waals surface area contributed by atoms with Gasteiger partial charge in [-0.25, -0.2) is 9.59 Å². The molecule has 0 radical (unpaired) electrons. The lowest BCUT2D eigenvalue weighted by atomic mass is 10.0. The number of benzene rings is 1. The van der Waals surface area contributed by atoms with E-state index in [-0.39, 0.29) is 17.6 Å². The van der Waals surface area contributed by atoms with Gasteiger partial charge in [0.05, 0.1) is 49.9 Å². The van der Waals surface area contributed by atoms with Gasteiger partial charge in [-0.3, -0.25) is 14.4 Å². The fourth-order valence-electron chi connectivity index (χ4n) is 4.57. The number of amides is 1. The summed E-state index contributed by atoms with van der Waals surface area (Å²) in [5.41, 5.74) is 1.73. The van der Waals surface area contributed by atoms with E-state index in [4.69, 9.17) is 4.42 Å². The lowest BCUT2D eigenvalue weighted by Gasteiger charge is -2.40. The minimum absolute atomic E-state index is 0.0314. The molecule has 0 spiro atoms. The first-order valence-corrected chi connectivity index (χ1v) is 11.6. The molecule has 1 aromatic carbocycles. The molecular formula is C24H28N7O3+. The molecule has 2 aliphatic heterocycles. The number of aromatic nitrogens is 4. The maximum atomic E-state index is 13.1. The largest absolute Gasteiger partial charge is 0.431 e. The smallest absolute Gasteiger partial charge is 0.343 e. The van der Waals surface area contributed by atoms with E-state index in [0.29, 0.717) is 22.7 Å². The third-order valence-corrected chi connectivity index (χ3v) is 6.94. The van der Waals surface area contributed by atoms with Crippen LogP contribution in [0.2, 0.25) is 0 Å². The Balaban J connectivity index is 1.11. The number of nitrogens with zero attached hydrogens (tertiary/aromatic N) is 7. The quantitative estimate of drug-likeness (QED) is 0.510. The van der Waals surface area contributed by atoms with Gasteiger partial charge in [-0.2, -0.15) is 4.68 Å². The van der Waals surface area contributed by atoms with E-state index >= 15 is 0 Å². The van der Waals surface area contributed by atoms with Gasteiger partial charge in [-0.1, -0.05) is 18.2 Å². The molecule has 5 rings (SSSR count). The fourth-order valence-corrected chi connectivity index (χ4v) is 4.57. The van der Waals surface area contributed by atoms with Crippen molar-refractivity contribution in [2.45, 2.75) is 25.3 Å². The Morgan fingerprint density at radius 1 is 1.24 bits per heavy atom. The Labute approximate surface area is 196 Å². The summed E-state index contributed by atoms with van der Waals surface area (Å²) in [7, 11) is 2.05. The molecule has 4 heterocycles. The lowest BCUT2D eigenvalue weighted by molar-refractivity contribution is -0.840. The van der Waals surface area contributed by atoms with E-state index in [1.165, 1.54) is 18.2 Å². The molecule has 10 heteroatoms. The zero-order valence-electron chi connectivity index (χ0n) is 19.2. The molecular weight excluding hydrogens is 434 g/mol. The molecule has 176 valence electrons. The van der Waals surface area contributed by atoms with Crippen LogP contribution < -0.4 is 5.63 Å². The van der Waals surface area contributed by atoms with Crippen LogP contribution in [0, 0.1) is 0 Å². The minimum atomic E-state index is -0.301. The van der Waals surface area contributed by atoms with Crippen LogP contribution in [0.1, 0.15) is 18.4 Å². The number of carbonyl (C=O) groups is 1. The highest BCUT2D eigenvalue weighted by molar-refractivity contribution is 6.02. The summed E-state index contributed by atoms with van der Waals surface area (Å²) in [6.45, 7) is 4.31. The third-order valence-electron chi connectivity index (χ3n) is 6.94. The summed E-state index contributed by atoms with van der Waals surface area (Å²) in [6, 6.07) is 7.69. The molecule has 0 aliphatic carbocycles. The number of allylic oxidation sites excluding steroid dienone is 1. The molecule has 10 nitrogen and oxygen atoms in total. The maximum absolute atomic E-state index is 13.1. The molecule has 0 N–H and O–H groups in total. The number of aliphatic imine (C=N–C) groups is 1. The highest BCUT2D eigenvalue weighted by atomic mass is 16.4. The van der Waals surface area contributed by atoms with E-state index in [2.05, 4.69) is 31.5 Å². The summed E-state index contributed by atoms with van der Waals surface area (Å²) in [5.74, 6) is 0.245. The van der Waals surface area contributed by atoms with Crippen LogP contribution in [-0.2, 0) is 11.2 Å². The number of piperazine rings is 1. The van der Waals surface area contributed by atoms with E-state index in [9.17, 15) is 9.59 Å². The molecule has 1 saturated heterocycles. The number of hydrogen-bond donors (Lipinski definition) is 0. The number of hydrogen-bond acceptors (Lipinski definition) is 8. The number of fused-ring (bicyclic) bond motifs is 1. The van der Waals surface area contributed by atoms with Gasteiger partial charge in [-0.05, 0) is 46.4 Å². The van der Waals surface area contributed by atoms with Gasteiger partial charge in [0.1, 0.15) is 6.33 Å². The minimum Gasteiger partial charge on any atom is -0.431 e. The van der Waals surface area contributed by atoms with E-state index in [1.54, 1.807) is 10.9 Å². The van der Waals surface area contributed by atoms with Crippen LogP contribution in [0.4, 0.5) is 0 Å². The van der Waals surface area contributed by atoms with Gasteiger partial charge in [-0.15, -0.1) is 5.10 Å². The Morgan fingerprint density at radius 3 is 2.82 bits per heavy atom. The van der Waals surface area contributed by atoms with Gasteiger partial charge in [0, 0.05) is 25.8 Å². The fraction of sp³-hybridized carbons (Fsp3) is 0.417. The Kier molecular flexibility index (Phi) is 6.16. The van der Waals surface area contributed by atoms with E-state index in [0.717, 1.165) is 50.2 Å². The van der Waals surface area contributed by atoms with Crippen LogP contribution in [0.25, 0.3) is 16.5 Å². The molecule has 34 heavy (non-hydrogen) atoms. The van der Waals surface area contributed by atoms with Crippen LogP contribution in [-0.4, -0.2) is 87.5 Å². The number of quaternary nitrogens is 1. The monoisotopic (exact) mass is 462 g/mol. The van der Waals surface area contributed by atoms with Crippen molar-refractivity contribution in [1.82, 2.24) is 25.1 Å². The summed E-state index contributed by atoms with van der Waals surface area (Å²) in [5, 5.41) is 12.7. The van der Waals surface area contributed by atoms with Crippen molar-refractivity contribution >= 4 is 28.6 Å². The average Bonchev–Trinajstić information content (AvgIpc) is 3.39. The van der Waals surface area contributed by atoms with Gasteiger partial charge in [0.15, 0.2) is 0 Å². The van der Waals surface area contributed by atoms with Gasteiger partial charge in [0.25, 0.3) is 0 Å². The van der Waals surface area contributed by atoms with Crippen molar-refractivity contribution in [1.29, 1.82) is 0 Å². The Morgan fingerprint density at radius 2 is 2.09 bits per heavy atom. The zero-order valence-corrected chi connectivity index (χ0v) is 19.2. The van der Waals surface area contributed by atoms with Crippen molar-refractivity contribution in [3.05, 3.63) is 58.9 Å². The van der Waals surface area contributed by atoms with E-state index in [1.807, 2.05) is 31.3 Å². The van der Waals surface area contributed by atoms with Crippen molar-refractivity contribution in [2.75, 3.05) is 39.8 Å².